The van der Waals surface area contributed by atoms with Gasteiger partial charge in [-0.2, -0.15) is 0 Å². The molecule has 210 valence electrons. The Kier molecular flexibility index (Phi) is 10.1. The van der Waals surface area contributed by atoms with Crippen molar-refractivity contribution in [3.05, 3.63) is 164 Å². The molecular formula is C38H32Br2O2. The van der Waals surface area contributed by atoms with Crippen LogP contribution in [0.25, 0.3) is 23.3 Å². The van der Waals surface area contributed by atoms with Crippen LogP contribution in [0.2, 0.25) is 0 Å². The van der Waals surface area contributed by atoms with Crippen LogP contribution in [0.3, 0.4) is 0 Å². The van der Waals surface area contributed by atoms with E-state index in [9.17, 15) is 0 Å². The molecule has 0 spiro atoms. The van der Waals surface area contributed by atoms with Crippen LogP contribution in [0.15, 0.2) is 130 Å². The Bertz CT molecular complexity index is 1540. The van der Waals surface area contributed by atoms with Gasteiger partial charge in [0.2, 0.25) is 0 Å². The Morgan fingerprint density at radius 2 is 0.833 bits per heavy atom. The van der Waals surface area contributed by atoms with Gasteiger partial charge in [0.15, 0.2) is 0 Å². The third-order valence-corrected chi connectivity index (χ3v) is 7.88. The van der Waals surface area contributed by atoms with Crippen LogP contribution >= 0.6 is 31.9 Å². The molecule has 0 heterocycles. The van der Waals surface area contributed by atoms with Gasteiger partial charge in [0.1, 0.15) is 11.5 Å². The van der Waals surface area contributed by atoms with Gasteiger partial charge in [0, 0.05) is 20.1 Å². The maximum absolute atomic E-state index is 6.27. The Balaban J connectivity index is 1.71. The first-order chi connectivity index (χ1) is 20.6. The highest BCUT2D eigenvalue weighted by Gasteiger charge is 2.15. The van der Waals surface area contributed by atoms with E-state index in [2.05, 4.69) is 153 Å². The van der Waals surface area contributed by atoms with Crippen LogP contribution in [0.5, 0.6) is 11.5 Å². The fourth-order valence-electron chi connectivity index (χ4n) is 4.85. The number of halogens is 2. The molecule has 0 aliphatic heterocycles. The van der Waals surface area contributed by atoms with E-state index < -0.39 is 0 Å². The van der Waals surface area contributed by atoms with E-state index >= 15 is 0 Å². The normalized spacial score (nSPS) is 11.8. The number of benzene rings is 5. The second kappa shape index (κ2) is 14.4. The Morgan fingerprint density at radius 3 is 1.17 bits per heavy atom. The molecule has 0 saturated carbocycles. The first kappa shape index (κ1) is 29.6. The smallest absolute Gasteiger partial charge is 0.127 e. The van der Waals surface area contributed by atoms with Crippen molar-refractivity contribution in [2.75, 3.05) is 13.2 Å². The van der Waals surface area contributed by atoms with Crippen molar-refractivity contribution < 1.29 is 9.47 Å². The second-order valence-corrected chi connectivity index (χ2v) is 11.5. The maximum Gasteiger partial charge on any atom is 0.127 e. The van der Waals surface area contributed by atoms with Crippen LogP contribution in [-0.2, 0) is 0 Å². The fraction of sp³-hybridized carbons (Fsp3) is 0.105. The van der Waals surface area contributed by atoms with Crippen LogP contribution in [0.4, 0.5) is 0 Å². The molecule has 0 aromatic heterocycles. The van der Waals surface area contributed by atoms with E-state index in [0.29, 0.717) is 13.2 Å². The van der Waals surface area contributed by atoms with Crippen LogP contribution in [0, 0.1) is 0 Å². The molecule has 0 fully saturated rings. The number of hydrogen-bond donors (Lipinski definition) is 0. The van der Waals surface area contributed by atoms with Gasteiger partial charge in [-0.1, -0.05) is 117 Å². The quantitative estimate of drug-likeness (QED) is 0.137. The molecule has 0 aliphatic rings. The van der Waals surface area contributed by atoms with E-state index in [4.69, 9.17) is 9.47 Å². The average Bonchev–Trinajstić information content (AvgIpc) is 3.02. The van der Waals surface area contributed by atoms with Crippen LogP contribution in [0.1, 0.15) is 47.2 Å². The lowest BCUT2D eigenvalue weighted by molar-refractivity contribution is 0.329. The SMILES string of the molecule is CCOc1cc(/C=C(\c2ccccc2)c2ccc(Br)cc2)c(OCC)cc1/C=C(\c1ccccc1)c1ccc(Br)cc1. The highest BCUT2D eigenvalue weighted by Crippen LogP contribution is 2.37. The molecule has 5 aromatic carbocycles. The predicted octanol–water partition coefficient (Wildman–Crippen LogP) is 11.2. The van der Waals surface area contributed by atoms with Gasteiger partial charge in [-0.05, 0) is 95.8 Å². The fourth-order valence-corrected chi connectivity index (χ4v) is 5.38. The van der Waals surface area contributed by atoms with Gasteiger partial charge >= 0.3 is 0 Å². The molecule has 0 radical (unpaired) electrons. The van der Waals surface area contributed by atoms with Crippen molar-refractivity contribution in [3.8, 4) is 11.5 Å². The minimum Gasteiger partial charge on any atom is -0.493 e. The van der Waals surface area contributed by atoms with E-state index in [1.54, 1.807) is 0 Å². The lowest BCUT2D eigenvalue weighted by Gasteiger charge is -2.17. The minimum atomic E-state index is 0.551. The molecule has 5 rings (SSSR count). The molecule has 42 heavy (non-hydrogen) atoms. The molecule has 0 saturated heterocycles. The Labute approximate surface area is 265 Å². The zero-order chi connectivity index (χ0) is 29.3. The molecule has 2 nitrogen and oxygen atoms in total. The predicted molar refractivity (Wildman–Crippen MR) is 184 cm³/mol. The largest absolute Gasteiger partial charge is 0.493 e. The molecule has 0 unspecified atom stereocenters. The standard InChI is InChI=1S/C38H32Br2O2/c1-3-41-37-25-32(24-36(28-13-9-6-10-14-28)30-17-21-34(40)22-18-30)38(42-4-2)26-31(37)23-35(27-11-7-5-8-12-27)29-15-19-33(39)20-16-29/h5-26H,3-4H2,1-2H3/b35-23+,36-24+. The first-order valence-corrected chi connectivity index (χ1v) is 15.6. The van der Waals surface area contributed by atoms with Gasteiger partial charge in [-0.15, -0.1) is 0 Å². The summed E-state index contributed by atoms with van der Waals surface area (Å²) < 4.78 is 14.6. The third-order valence-electron chi connectivity index (χ3n) is 6.82. The summed E-state index contributed by atoms with van der Waals surface area (Å²) in [6.45, 7) is 5.14. The molecule has 0 amide bonds. The number of hydrogen-bond acceptors (Lipinski definition) is 2. The van der Waals surface area contributed by atoms with Gasteiger partial charge in [0.05, 0.1) is 13.2 Å². The molecule has 0 N–H and O–H groups in total. The highest BCUT2D eigenvalue weighted by atomic mass is 79.9. The summed E-state index contributed by atoms with van der Waals surface area (Å²) in [5.41, 5.74) is 8.64. The van der Waals surface area contributed by atoms with E-state index in [0.717, 1.165) is 65.0 Å². The summed E-state index contributed by atoms with van der Waals surface area (Å²) in [6, 6.07) is 41.9. The Hall–Kier alpha value is -3.86. The summed E-state index contributed by atoms with van der Waals surface area (Å²) in [4.78, 5) is 0. The van der Waals surface area contributed by atoms with Crippen molar-refractivity contribution >= 4 is 55.2 Å². The average molecular weight is 680 g/mol. The zero-order valence-corrected chi connectivity index (χ0v) is 26.9. The number of rotatable bonds is 10. The van der Waals surface area contributed by atoms with Crippen molar-refractivity contribution in [3.63, 3.8) is 0 Å². The van der Waals surface area contributed by atoms with Gasteiger partial charge in [-0.3, -0.25) is 0 Å². The van der Waals surface area contributed by atoms with E-state index in [1.165, 1.54) is 0 Å². The summed E-state index contributed by atoms with van der Waals surface area (Å²) in [7, 11) is 0. The van der Waals surface area contributed by atoms with Crippen LogP contribution < -0.4 is 9.47 Å². The first-order valence-electron chi connectivity index (χ1n) is 14.1. The van der Waals surface area contributed by atoms with Gasteiger partial charge < -0.3 is 9.47 Å². The lowest BCUT2D eigenvalue weighted by Crippen LogP contribution is -2.00. The molecule has 4 heteroatoms. The minimum absolute atomic E-state index is 0.551. The molecule has 0 bridgehead atoms. The summed E-state index contributed by atoms with van der Waals surface area (Å²) >= 11 is 7.15. The second-order valence-electron chi connectivity index (χ2n) is 9.66. The van der Waals surface area contributed by atoms with Crippen LogP contribution in [-0.4, -0.2) is 13.2 Å². The monoisotopic (exact) mass is 678 g/mol. The van der Waals surface area contributed by atoms with Crippen molar-refractivity contribution in [1.29, 1.82) is 0 Å². The van der Waals surface area contributed by atoms with E-state index in [-0.39, 0.29) is 0 Å². The zero-order valence-electron chi connectivity index (χ0n) is 23.7. The van der Waals surface area contributed by atoms with Crippen molar-refractivity contribution in [2.24, 2.45) is 0 Å². The van der Waals surface area contributed by atoms with Crippen molar-refractivity contribution in [1.82, 2.24) is 0 Å². The summed E-state index contributed by atoms with van der Waals surface area (Å²) in [5, 5.41) is 0. The summed E-state index contributed by atoms with van der Waals surface area (Å²) in [6.07, 6.45) is 4.40. The molecule has 0 atom stereocenters. The Morgan fingerprint density at radius 1 is 0.500 bits per heavy atom. The number of ether oxygens (including phenoxy) is 2. The van der Waals surface area contributed by atoms with Crippen molar-refractivity contribution in [2.45, 2.75) is 13.8 Å². The molecule has 5 aromatic rings. The van der Waals surface area contributed by atoms with Gasteiger partial charge in [0.25, 0.3) is 0 Å². The maximum atomic E-state index is 6.27. The summed E-state index contributed by atoms with van der Waals surface area (Å²) in [5.74, 6) is 1.61. The molecule has 0 aliphatic carbocycles. The van der Waals surface area contributed by atoms with Gasteiger partial charge in [-0.25, -0.2) is 0 Å². The molecular weight excluding hydrogens is 648 g/mol. The third kappa shape index (κ3) is 7.31. The highest BCUT2D eigenvalue weighted by molar-refractivity contribution is 9.10. The van der Waals surface area contributed by atoms with E-state index in [1.807, 2.05) is 26.0 Å². The lowest BCUT2D eigenvalue weighted by atomic mass is 9.93. The topological polar surface area (TPSA) is 18.5 Å².